The number of nitro groups is 1. The molecule has 2 aromatic carbocycles. The quantitative estimate of drug-likeness (QED) is 0.689. The van der Waals surface area contributed by atoms with Crippen LogP contribution in [0.25, 0.3) is 0 Å². The minimum absolute atomic E-state index is 0.0736. The van der Waals surface area contributed by atoms with Crippen molar-refractivity contribution in [2.75, 3.05) is 5.32 Å². The monoisotopic (exact) mass is 332 g/mol. The van der Waals surface area contributed by atoms with Crippen LogP contribution >= 0.6 is 0 Å². The second-order valence-electron chi connectivity index (χ2n) is 5.66. The van der Waals surface area contributed by atoms with Crippen LogP contribution in [0.2, 0.25) is 0 Å². The molecule has 3 rings (SSSR count). The van der Waals surface area contributed by atoms with Crippen LogP contribution in [-0.2, 0) is 16.3 Å². The van der Waals surface area contributed by atoms with E-state index in [9.17, 15) is 18.5 Å². The predicted molar refractivity (Wildman–Crippen MR) is 86.4 cm³/mol. The summed E-state index contributed by atoms with van der Waals surface area (Å²) in [6, 6.07) is 10.4. The Bertz CT molecular complexity index is 877. The first-order valence-electron chi connectivity index (χ1n) is 7.27. The van der Waals surface area contributed by atoms with E-state index >= 15 is 0 Å². The number of hydrogen-bond acceptors (Lipinski definition) is 5. The molecule has 0 bridgehead atoms. The highest BCUT2D eigenvalue weighted by atomic mass is 32.2. The number of nitro benzene ring substituents is 1. The molecule has 0 spiro atoms. The number of sulfone groups is 1. The van der Waals surface area contributed by atoms with E-state index in [-0.39, 0.29) is 15.5 Å². The van der Waals surface area contributed by atoms with Crippen LogP contribution in [0, 0.1) is 10.1 Å². The third kappa shape index (κ3) is 2.92. The Morgan fingerprint density at radius 2 is 1.91 bits per heavy atom. The second-order valence-corrected chi connectivity index (χ2v) is 7.61. The molecule has 120 valence electrons. The largest absolute Gasteiger partial charge is 0.382 e. The third-order valence-corrected chi connectivity index (χ3v) is 5.73. The van der Waals surface area contributed by atoms with Crippen LogP contribution in [0.3, 0.4) is 0 Å². The molecule has 1 N–H and O–H groups in total. The highest BCUT2D eigenvalue weighted by Crippen LogP contribution is 2.30. The van der Waals surface area contributed by atoms with E-state index in [4.69, 9.17) is 0 Å². The van der Waals surface area contributed by atoms with E-state index in [0.29, 0.717) is 6.04 Å². The molecule has 7 heteroatoms. The molecule has 0 amide bonds. The number of nitrogens with zero attached hydrogens (tertiary/aromatic N) is 1. The van der Waals surface area contributed by atoms with E-state index in [0.717, 1.165) is 30.2 Å². The summed E-state index contributed by atoms with van der Waals surface area (Å²) in [6.45, 7) is 2.05. The number of aryl methyl sites for hydroxylation is 1. The lowest BCUT2D eigenvalue weighted by Gasteiger charge is -2.24. The van der Waals surface area contributed by atoms with Gasteiger partial charge in [0.15, 0.2) is 0 Å². The van der Waals surface area contributed by atoms with Crippen molar-refractivity contribution in [3.63, 3.8) is 0 Å². The fourth-order valence-electron chi connectivity index (χ4n) is 2.69. The normalized spacial score (nSPS) is 17.2. The summed E-state index contributed by atoms with van der Waals surface area (Å²) in [4.78, 5) is 10.3. The van der Waals surface area contributed by atoms with Gasteiger partial charge in [-0.1, -0.05) is 12.1 Å². The zero-order chi connectivity index (χ0) is 16.6. The van der Waals surface area contributed by atoms with Crippen LogP contribution in [0.15, 0.2) is 52.3 Å². The van der Waals surface area contributed by atoms with Crippen molar-refractivity contribution < 1.29 is 13.3 Å². The topological polar surface area (TPSA) is 89.3 Å². The number of hydrogen-bond donors (Lipinski definition) is 1. The van der Waals surface area contributed by atoms with Crippen LogP contribution < -0.4 is 5.32 Å². The van der Waals surface area contributed by atoms with Crippen LogP contribution in [-0.4, -0.2) is 19.4 Å². The smallest absolute Gasteiger partial charge is 0.270 e. The molecule has 0 fully saturated rings. The highest BCUT2D eigenvalue weighted by Gasteiger charge is 2.23. The van der Waals surface area contributed by atoms with Gasteiger partial charge in [0.1, 0.15) is 0 Å². The lowest BCUT2D eigenvalue weighted by molar-refractivity contribution is -0.385. The minimum atomic E-state index is -3.79. The number of fused-ring (bicyclic) bond motifs is 1. The predicted octanol–water partition coefficient (Wildman–Crippen LogP) is 3.17. The minimum Gasteiger partial charge on any atom is -0.382 e. The van der Waals surface area contributed by atoms with Crippen molar-refractivity contribution in [2.24, 2.45) is 0 Å². The van der Waals surface area contributed by atoms with E-state index in [1.54, 1.807) is 18.2 Å². The number of anilines is 1. The molecular weight excluding hydrogens is 316 g/mol. The zero-order valence-electron chi connectivity index (χ0n) is 12.5. The first kappa shape index (κ1) is 15.5. The molecule has 2 aromatic rings. The molecule has 0 aromatic heterocycles. The van der Waals surface area contributed by atoms with Gasteiger partial charge >= 0.3 is 0 Å². The summed E-state index contributed by atoms with van der Waals surface area (Å²) in [6.07, 6.45) is 1.91. The van der Waals surface area contributed by atoms with Crippen LogP contribution in [0.4, 0.5) is 11.4 Å². The molecule has 0 saturated heterocycles. The van der Waals surface area contributed by atoms with Crippen LogP contribution in [0.5, 0.6) is 0 Å². The van der Waals surface area contributed by atoms with Gasteiger partial charge in [-0.25, -0.2) is 8.42 Å². The van der Waals surface area contributed by atoms with Crippen LogP contribution in [0.1, 0.15) is 18.9 Å². The number of non-ortho nitro benzene ring substituents is 1. The summed E-state index contributed by atoms with van der Waals surface area (Å²) < 4.78 is 25.5. The molecule has 6 nitrogen and oxygen atoms in total. The molecule has 0 saturated carbocycles. The maximum Gasteiger partial charge on any atom is 0.270 e. The highest BCUT2D eigenvalue weighted by molar-refractivity contribution is 7.91. The van der Waals surface area contributed by atoms with E-state index in [2.05, 4.69) is 5.32 Å². The Labute approximate surface area is 134 Å². The molecule has 23 heavy (non-hydrogen) atoms. The molecule has 1 heterocycles. The standard InChI is InChI=1S/C16H16N2O4S/c1-11-5-6-12-7-8-15(10-16(12)17-11)23(21,22)14-4-2-3-13(9-14)18(19)20/h2-4,7-11,17H,5-6H2,1H3. The molecule has 1 unspecified atom stereocenters. The number of rotatable bonds is 3. The molecular formula is C16H16N2O4S. The Morgan fingerprint density at radius 3 is 2.65 bits per heavy atom. The van der Waals surface area contributed by atoms with Crippen molar-refractivity contribution in [1.82, 2.24) is 0 Å². The second kappa shape index (κ2) is 5.66. The van der Waals surface area contributed by atoms with Gasteiger partial charge in [-0.2, -0.15) is 0 Å². The fraction of sp³-hybridized carbons (Fsp3) is 0.250. The summed E-state index contributed by atoms with van der Waals surface area (Å²) in [5.41, 5.74) is 1.66. The van der Waals surface area contributed by atoms with E-state index in [1.165, 1.54) is 18.2 Å². The molecule has 1 aliphatic rings. The number of nitrogens with one attached hydrogen (secondary N) is 1. The van der Waals surface area contributed by atoms with Crippen molar-refractivity contribution in [2.45, 2.75) is 35.6 Å². The molecule has 1 aliphatic heterocycles. The van der Waals surface area contributed by atoms with Gasteiger partial charge in [-0.15, -0.1) is 0 Å². The van der Waals surface area contributed by atoms with Gasteiger partial charge in [0.25, 0.3) is 5.69 Å². The summed E-state index contributed by atoms with van der Waals surface area (Å²) in [5.74, 6) is 0. The Morgan fingerprint density at radius 1 is 1.17 bits per heavy atom. The Hall–Kier alpha value is -2.41. The van der Waals surface area contributed by atoms with Crippen molar-refractivity contribution in [3.05, 3.63) is 58.1 Å². The maximum atomic E-state index is 12.7. The lowest BCUT2D eigenvalue weighted by Crippen LogP contribution is -2.22. The van der Waals surface area contributed by atoms with Crippen molar-refractivity contribution in [1.29, 1.82) is 0 Å². The van der Waals surface area contributed by atoms with E-state index < -0.39 is 14.8 Å². The Kier molecular flexibility index (Phi) is 3.81. The van der Waals surface area contributed by atoms with Gasteiger partial charge in [-0.3, -0.25) is 10.1 Å². The lowest BCUT2D eigenvalue weighted by atomic mass is 9.99. The van der Waals surface area contributed by atoms with Crippen molar-refractivity contribution in [3.8, 4) is 0 Å². The van der Waals surface area contributed by atoms with Gasteiger partial charge < -0.3 is 5.32 Å². The average Bonchev–Trinajstić information content (AvgIpc) is 2.54. The molecule has 1 atom stereocenters. The van der Waals surface area contributed by atoms with E-state index in [1.807, 2.05) is 6.92 Å². The average molecular weight is 332 g/mol. The van der Waals surface area contributed by atoms with Crippen molar-refractivity contribution >= 4 is 21.2 Å². The third-order valence-electron chi connectivity index (χ3n) is 3.98. The summed E-state index contributed by atoms with van der Waals surface area (Å²) in [7, 11) is -3.79. The van der Waals surface area contributed by atoms with Gasteiger partial charge in [0.2, 0.25) is 9.84 Å². The zero-order valence-corrected chi connectivity index (χ0v) is 13.3. The first-order valence-corrected chi connectivity index (χ1v) is 8.75. The van der Waals surface area contributed by atoms with Gasteiger partial charge in [-0.05, 0) is 43.5 Å². The SMILES string of the molecule is CC1CCc2ccc(S(=O)(=O)c3cccc([N+](=O)[O-])c3)cc2N1. The van der Waals surface area contributed by atoms with Gasteiger partial charge in [0, 0.05) is 23.9 Å². The maximum absolute atomic E-state index is 12.7. The molecule has 0 aliphatic carbocycles. The molecule has 0 radical (unpaired) electrons. The van der Waals surface area contributed by atoms with Gasteiger partial charge in [0.05, 0.1) is 14.7 Å². The number of benzene rings is 2. The first-order chi connectivity index (χ1) is 10.9. The summed E-state index contributed by atoms with van der Waals surface area (Å²) in [5, 5.41) is 14.1. The summed E-state index contributed by atoms with van der Waals surface area (Å²) >= 11 is 0. The fourth-order valence-corrected chi connectivity index (χ4v) is 4.01. The Balaban J connectivity index is 2.05.